The van der Waals surface area contributed by atoms with E-state index >= 15 is 0 Å². The first kappa shape index (κ1) is 21.7. The molecule has 2 aromatic rings. The van der Waals surface area contributed by atoms with Crippen molar-refractivity contribution in [1.29, 1.82) is 5.26 Å². The number of nitrogens with two attached hydrogens (primary N) is 1. The molecule has 4 nitrogen and oxygen atoms in total. The lowest BCUT2D eigenvalue weighted by molar-refractivity contribution is 0.206. The smallest absolute Gasteiger partial charge is 0.137 e. The SMILES string of the molecule is CC.Cc1cc(-c2ccc(OC[C@@](C)(N)CC(C)C)c(C#N)c2)ccn1. The van der Waals surface area contributed by atoms with Crippen LogP contribution in [0.2, 0.25) is 0 Å². The number of nitriles is 1. The van der Waals surface area contributed by atoms with Crippen LogP contribution in [0.25, 0.3) is 11.1 Å². The second kappa shape index (κ2) is 9.94. The Kier molecular flexibility index (Phi) is 8.28. The van der Waals surface area contributed by atoms with Crippen molar-refractivity contribution in [3.8, 4) is 22.9 Å². The normalized spacial score (nSPS) is 12.6. The van der Waals surface area contributed by atoms with Crippen molar-refractivity contribution in [2.75, 3.05) is 6.61 Å². The highest BCUT2D eigenvalue weighted by Gasteiger charge is 2.21. The maximum atomic E-state index is 9.45. The van der Waals surface area contributed by atoms with E-state index in [4.69, 9.17) is 10.5 Å². The van der Waals surface area contributed by atoms with Gasteiger partial charge in [-0.15, -0.1) is 0 Å². The lowest BCUT2D eigenvalue weighted by Gasteiger charge is -2.26. The fraction of sp³-hybridized carbons (Fsp3) is 0.455. The summed E-state index contributed by atoms with van der Waals surface area (Å²) < 4.78 is 5.85. The van der Waals surface area contributed by atoms with Crippen LogP contribution >= 0.6 is 0 Å². The fourth-order valence-electron chi connectivity index (χ4n) is 2.88. The average molecular weight is 354 g/mol. The Balaban J connectivity index is 0.00000163. The lowest BCUT2D eigenvalue weighted by atomic mass is 9.93. The highest BCUT2D eigenvalue weighted by molar-refractivity contribution is 5.67. The van der Waals surface area contributed by atoms with Crippen LogP contribution in [0.3, 0.4) is 0 Å². The molecule has 0 aliphatic heterocycles. The average Bonchev–Trinajstić information content (AvgIpc) is 2.60. The van der Waals surface area contributed by atoms with Gasteiger partial charge in [0.05, 0.1) is 5.56 Å². The summed E-state index contributed by atoms with van der Waals surface area (Å²) >= 11 is 0. The summed E-state index contributed by atoms with van der Waals surface area (Å²) in [7, 11) is 0. The van der Waals surface area contributed by atoms with Crippen molar-refractivity contribution < 1.29 is 4.74 Å². The molecule has 0 bridgehead atoms. The molecule has 0 saturated heterocycles. The molecule has 0 amide bonds. The maximum Gasteiger partial charge on any atom is 0.137 e. The zero-order chi connectivity index (χ0) is 19.7. The first-order valence-electron chi connectivity index (χ1n) is 9.19. The Morgan fingerprint density at radius 1 is 1.19 bits per heavy atom. The summed E-state index contributed by atoms with van der Waals surface area (Å²) in [5, 5.41) is 9.45. The molecule has 2 rings (SSSR count). The molecule has 1 aromatic carbocycles. The standard InChI is InChI=1S/C20H25N3O.C2H6/c1-14(2)11-20(4,22)13-24-19-6-5-16(10-18(19)12-21)17-7-8-23-15(3)9-17;1-2/h5-10,14H,11,13,22H2,1-4H3;1-2H3/t20-;/m0./s1. The van der Waals surface area contributed by atoms with Crippen molar-refractivity contribution in [2.45, 2.75) is 53.5 Å². The highest BCUT2D eigenvalue weighted by Crippen LogP contribution is 2.27. The van der Waals surface area contributed by atoms with E-state index in [1.807, 2.05) is 58.0 Å². The van der Waals surface area contributed by atoms with Crippen molar-refractivity contribution in [2.24, 2.45) is 11.7 Å². The zero-order valence-corrected chi connectivity index (χ0v) is 16.8. The van der Waals surface area contributed by atoms with Gasteiger partial charge in [0.1, 0.15) is 18.4 Å². The Hall–Kier alpha value is -2.38. The van der Waals surface area contributed by atoms with Crippen molar-refractivity contribution >= 4 is 0 Å². The molecule has 1 aromatic heterocycles. The van der Waals surface area contributed by atoms with Crippen molar-refractivity contribution in [3.05, 3.63) is 47.8 Å². The molecule has 0 aliphatic carbocycles. The predicted octanol–water partition coefficient (Wildman–Crippen LogP) is 5.10. The number of hydrogen-bond donors (Lipinski definition) is 1. The summed E-state index contributed by atoms with van der Waals surface area (Å²) in [6.45, 7) is 12.6. The second-order valence-electron chi connectivity index (χ2n) is 7.05. The van der Waals surface area contributed by atoms with Gasteiger partial charge in [0.25, 0.3) is 0 Å². The molecule has 0 aliphatic rings. The lowest BCUT2D eigenvalue weighted by Crippen LogP contribution is -2.43. The third-order valence-corrected chi connectivity index (χ3v) is 3.76. The third-order valence-electron chi connectivity index (χ3n) is 3.76. The Bertz CT molecular complexity index is 745. The van der Waals surface area contributed by atoms with Crippen LogP contribution in [0.15, 0.2) is 36.5 Å². The molecule has 26 heavy (non-hydrogen) atoms. The van der Waals surface area contributed by atoms with E-state index in [0.717, 1.165) is 23.2 Å². The summed E-state index contributed by atoms with van der Waals surface area (Å²) in [5.74, 6) is 1.07. The summed E-state index contributed by atoms with van der Waals surface area (Å²) in [6.07, 6.45) is 2.64. The van der Waals surface area contributed by atoms with Crippen LogP contribution in [-0.4, -0.2) is 17.1 Å². The summed E-state index contributed by atoms with van der Waals surface area (Å²) in [5.41, 5.74) is 9.33. The maximum absolute atomic E-state index is 9.45. The van der Waals surface area contributed by atoms with Gasteiger partial charge in [-0.1, -0.05) is 33.8 Å². The molecule has 4 heteroatoms. The van der Waals surface area contributed by atoms with E-state index in [2.05, 4.69) is 24.9 Å². The van der Waals surface area contributed by atoms with Crippen LogP contribution in [0.1, 0.15) is 52.3 Å². The van der Waals surface area contributed by atoms with E-state index < -0.39 is 5.54 Å². The van der Waals surface area contributed by atoms with Crippen molar-refractivity contribution in [1.82, 2.24) is 4.98 Å². The molecule has 0 radical (unpaired) electrons. The third kappa shape index (κ3) is 6.50. The predicted molar refractivity (Wildman–Crippen MR) is 108 cm³/mol. The molecule has 140 valence electrons. The second-order valence-corrected chi connectivity index (χ2v) is 7.05. The number of pyridine rings is 1. The van der Waals surface area contributed by atoms with Gasteiger partial charge < -0.3 is 10.5 Å². The summed E-state index contributed by atoms with van der Waals surface area (Å²) in [4.78, 5) is 4.20. The van der Waals surface area contributed by atoms with Crippen molar-refractivity contribution in [3.63, 3.8) is 0 Å². The molecule has 0 spiro atoms. The van der Waals surface area contributed by atoms with Gasteiger partial charge in [0, 0.05) is 17.4 Å². The molecule has 1 atom stereocenters. The van der Waals surface area contributed by atoms with E-state index in [1.54, 1.807) is 6.20 Å². The topological polar surface area (TPSA) is 71.9 Å². The van der Waals surface area contributed by atoms with E-state index in [-0.39, 0.29) is 0 Å². The van der Waals surface area contributed by atoms with Gasteiger partial charge in [-0.2, -0.15) is 5.26 Å². The molecule has 0 fully saturated rings. The Labute approximate surface area is 158 Å². The van der Waals surface area contributed by atoms with Gasteiger partial charge >= 0.3 is 0 Å². The van der Waals surface area contributed by atoms with E-state index in [0.29, 0.717) is 23.8 Å². The minimum absolute atomic E-state index is 0.383. The minimum atomic E-state index is -0.415. The number of benzene rings is 1. The number of ether oxygens (including phenoxy) is 1. The van der Waals surface area contributed by atoms with Gasteiger partial charge in [-0.05, 0) is 61.6 Å². The molecule has 0 saturated carbocycles. The number of aromatic nitrogens is 1. The Morgan fingerprint density at radius 3 is 2.42 bits per heavy atom. The number of nitrogens with zero attached hydrogens (tertiary/aromatic N) is 2. The van der Waals surface area contributed by atoms with Crippen LogP contribution < -0.4 is 10.5 Å². The van der Waals surface area contributed by atoms with Gasteiger partial charge in [-0.25, -0.2) is 0 Å². The number of hydrogen-bond acceptors (Lipinski definition) is 4. The van der Waals surface area contributed by atoms with Crippen LogP contribution in [0.5, 0.6) is 5.75 Å². The van der Waals surface area contributed by atoms with Crippen LogP contribution in [-0.2, 0) is 0 Å². The zero-order valence-electron chi connectivity index (χ0n) is 16.8. The largest absolute Gasteiger partial charge is 0.490 e. The number of rotatable bonds is 6. The minimum Gasteiger partial charge on any atom is -0.490 e. The van der Waals surface area contributed by atoms with Crippen LogP contribution in [0, 0.1) is 24.2 Å². The molecule has 0 unspecified atom stereocenters. The molecular formula is C22H31N3O. The first-order valence-corrected chi connectivity index (χ1v) is 9.19. The van der Waals surface area contributed by atoms with Gasteiger partial charge in [0.15, 0.2) is 0 Å². The van der Waals surface area contributed by atoms with Crippen LogP contribution in [0.4, 0.5) is 0 Å². The monoisotopic (exact) mass is 353 g/mol. The van der Waals surface area contributed by atoms with E-state index in [1.165, 1.54) is 0 Å². The Morgan fingerprint density at radius 2 is 1.85 bits per heavy atom. The van der Waals surface area contributed by atoms with E-state index in [9.17, 15) is 5.26 Å². The summed E-state index contributed by atoms with van der Waals surface area (Å²) in [6, 6.07) is 11.8. The number of aryl methyl sites for hydroxylation is 1. The van der Waals surface area contributed by atoms with Gasteiger partial charge in [0.2, 0.25) is 0 Å². The quantitative estimate of drug-likeness (QED) is 0.784. The van der Waals surface area contributed by atoms with Gasteiger partial charge in [-0.3, -0.25) is 4.98 Å². The molecule has 1 heterocycles. The fourth-order valence-corrected chi connectivity index (χ4v) is 2.88. The molecule has 2 N–H and O–H groups in total. The molecular weight excluding hydrogens is 322 g/mol. The highest BCUT2D eigenvalue weighted by atomic mass is 16.5. The first-order chi connectivity index (χ1) is 12.3.